The molecule has 3 fully saturated rings. The van der Waals surface area contributed by atoms with Gasteiger partial charge in [-0.05, 0) is 42.6 Å². The Morgan fingerprint density at radius 3 is 2.14 bits per heavy atom. The smallest absolute Gasteiger partial charge is 0.0131 e. The molecule has 1 aromatic carbocycles. The number of fused-ring (bicyclic) bond motifs is 3. The third kappa shape index (κ3) is 1.37. The summed E-state index contributed by atoms with van der Waals surface area (Å²) in [6.07, 6.45) is 7.46. The standard InChI is InChI=1S/C14H18/c1-2-4-12(5-3-1)14-10-11-6-8-13(14)9-7-11/h1-5,11,13-14H,6-10H2/t11?,13?,14-/m0/s1. The SMILES string of the molecule is c1ccc([C@@H]2CC3CCC2CC3)cc1. The van der Waals surface area contributed by atoms with Crippen molar-refractivity contribution < 1.29 is 0 Å². The zero-order chi connectivity index (χ0) is 9.38. The maximum Gasteiger partial charge on any atom is -0.0131 e. The highest BCUT2D eigenvalue weighted by Crippen LogP contribution is 2.49. The summed E-state index contributed by atoms with van der Waals surface area (Å²) in [6.45, 7) is 0. The van der Waals surface area contributed by atoms with Crippen molar-refractivity contribution in [2.24, 2.45) is 11.8 Å². The molecule has 0 radical (unpaired) electrons. The molecule has 0 N–H and O–H groups in total. The molecule has 3 saturated carbocycles. The van der Waals surface area contributed by atoms with Crippen molar-refractivity contribution in [2.45, 2.75) is 38.0 Å². The van der Waals surface area contributed by atoms with Gasteiger partial charge in [0.15, 0.2) is 0 Å². The van der Waals surface area contributed by atoms with Crippen molar-refractivity contribution in [3.63, 3.8) is 0 Å². The second-order valence-corrected chi connectivity index (χ2v) is 5.03. The van der Waals surface area contributed by atoms with Gasteiger partial charge in [-0.15, -0.1) is 0 Å². The first-order chi connectivity index (χ1) is 6.93. The van der Waals surface area contributed by atoms with Gasteiger partial charge in [0.25, 0.3) is 0 Å². The highest BCUT2D eigenvalue weighted by molar-refractivity contribution is 5.21. The molecule has 0 aromatic heterocycles. The predicted molar refractivity (Wildman–Crippen MR) is 59.2 cm³/mol. The second kappa shape index (κ2) is 3.42. The normalized spacial score (nSPS) is 35.9. The maximum atomic E-state index is 2.32. The fraction of sp³-hybridized carbons (Fsp3) is 0.571. The first-order valence-electron chi connectivity index (χ1n) is 5.98. The lowest BCUT2D eigenvalue weighted by Gasteiger charge is -2.42. The van der Waals surface area contributed by atoms with Crippen LogP contribution >= 0.6 is 0 Å². The summed E-state index contributed by atoms with van der Waals surface area (Å²) >= 11 is 0. The Labute approximate surface area is 86.3 Å². The van der Waals surface area contributed by atoms with Gasteiger partial charge in [0.2, 0.25) is 0 Å². The van der Waals surface area contributed by atoms with E-state index in [1.807, 2.05) is 0 Å². The Morgan fingerprint density at radius 2 is 1.57 bits per heavy atom. The molecule has 0 spiro atoms. The molecule has 74 valence electrons. The van der Waals surface area contributed by atoms with Gasteiger partial charge in [0.05, 0.1) is 0 Å². The lowest BCUT2D eigenvalue weighted by Crippen LogP contribution is -2.29. The molecule has 0 heteroatoms. The van der Waals surface area contributed by atoms with Gasteiger partial charge in [0, 0.05) is 0 Å². The van der Waals surface area contributed by atoms with Crippen LogP contribution in [-0.4, -0.2) is 0 Å². The van der Waals surface area contributed by atoms with Crippen LogP contribution in [-0.2, 0) is 0 Å². The van der Waals surface area contributed by atoms with Crippen LogP contribution in [0.4, 0.5) is 0 Å². The van der Waals surface area contributed by atoms with Crippen molar-refractivity contribution in [2.75, 3.05) is 0 Å². The zero-order valence-corrected chi connectivity index (χ0v) is 8.65. The molecule has 3 aliphatic rings. The van der Waals surface area contributed by atoms with Gasteiger partial charge < -0.3 is 0 Å². The molecule has 4 rings (SSSR count). The van der Waals surface area contributed by atoms with Crippen molar-refractivity contribution in [1.82, 2.24) is 0 Å². The fourth-order valence-corrected chi connectivity index (χ4v) is 3.49. The topological polar surface area (TPSA) is 0 Å². The number of hydrogen-bond acceptors (Lipinski definition) is 0. The number of benzene rings is 1. The zero-order valence-electron chi connectivity index (χ0n) is 8.65. The summed E-state index contributed by atoms with van der Waals surface area (Å²) in [5, 5.41) is 0. The molecule has 14 heavy (non-hydrogen) atoms. The first-order valence-corrected chi connectivity index (χ1v) is 5.98. The molecule has 3 aliphatic carbocycles. The third-order valence-electron chi connectivity index (χ3n) is 4.28. The van der Waals surface area contributed by atoms with E-state index in [4.69, 9.17) is 0 Å². The summed E-state index contributed by atoms with van der Waals surface area (Å²) in [4.78, 5) is 0. The van der Waals surface area contributed by atoms with E-state index in [0.717, 1.165) is 17.8 Å². The van der Waals surface area contributed by atoms with E-state index in [9.17, 15) is 0 Å². The highest BCUT2D eigenvalue weighted by atomic mass is 14.4. The van der Waals surface area contributed by atoms with E-state index in [1.54, 1.807) is 5.56 Å². The van der Waals surface area contributed by atoms with Crippen molar-refractivity contribution in [1.29, 1.82) is 0 Å². The average Bonchev–Trinajstić information content (AvgIpc) is 2.32. The van der Waals surface area contributed by atoms with Gasteiger partial charge in [-0.3, -0.25) is 0 Å². The highest BCUT2D eigenvalue weighted by Gasteiger charge is 2.35. The van der Waals surface area contributed by atoms with Crippen LogP contribution in [0.2, 0.25) is 0 Å². The summed E-state index contributed by atoms with van der Waals surface area (Å²) in [7, 11) is 0. The second-order valence-electron chi connectivity index (χ2n) is 5.03. The summed E-state index contributed by atoms with van der Waals surface area (Å²) in [5.41, 5.74) is 1.60. The minimum Gasteiger partial charge on any atom is -0.0622 e. The summed E-state index contributed by atoms with van der Waals surface area (Å²) < 4.78 is 0. The van der Waals surface area contributed by atoms with E-state index in [-0.39, 0.29) is 0 Å². The quantitative estimate of drug-likeness (QED) is 0.622. The van der Waals surface area contributed by atoms with Gasteiger partial charge >= 0.3 is 0 Å². The molecular formula is C14H18. The lowest BCUT2D eigenvalue weighted by molar-refractivity contribution is 0.145. The minimum absolute atomic E-state index is 0.892. The molecule has 0 heterocycles. The molecule has 0 unspecified atom stereocenters. The largest absolute Gasteiger partial charge is 0.0622 e. The van der Waals surface area contributed by atoms with Crippen LogP contribution in [0.5, 0.6) is 0 Å². The Balaban J connectivity index is 1.86. The van der Waals surface area contributed by atoms with Crippen molar-refractivity contribution in [3.8, 4) is 0 Å². The Hall–Kier alpha value is -0.780. The molecule has 0 nitrogen and oxygen atoms in total. The Morgan fingerprint density at radius 1 is 0.857 bits per heavy atom. The minimum atomic E-state index is 0.892. The molecule has 1 atom stereocenters. The Bertz CT molecular complexity index is 293. The van der Waals surface area contributed by atoms with E-state index >= 15 is 0 Å². The predicted octanol–water partition coefficient (Wildman–Crippen LogP) is 3.98. The lowest BCUT2D eigenvalue weighted by atomic mass is 9.63. The summed E-state index contributed by atoms with van der Waals surface area (Å²) in [6, 6.07) is 11.2. The molecular weight excluding hydrogens is 168 g/mol. The number of rotatable bonds is 1. The summed E-state index contributed by atoms with van der Waals surface area (Å²) in [5.74, 6) is 2.94. The van der Waals surface area contributed by atoms with Crippen LogP contribution in [0.3, 0.4) is 0 Å². The Kier molecular flexibility index (Phi) is 2.08. The van der Waals surface area contributed by atoms with E-state index in [2.05, 4.69) is 30.3 Å². The van der Waals surface area contributed by atoms with Crippen LogP contribution in [0.1, 0.15) is 43.6 Å². The monoisotopic (exact) mass is 186 g/mol. The van der Waals surface area contributed by atoms with Gasteiger partial charge in [-0.25, -0.2) is 0 Å². The average molecular weight is 186 g/mol. The molecule has 1 aromatic rings. The van der Waals surface area contributed by atoms with E-state index < -0.39 is 0 Å². The van der Waals surface area contributed by atoms with E-state index in [1.165, 1.54) is 32.1 Å². The molecule has 0 aliphatic heterocycles. The van der Waals surface area contributed by atoms with Crippen LogP contribution < -0.4 is 0 Å². The third-order valence-corrected chi connectivity index (χ3v) is 4.28. The first kappa shape index (κ1) is 8.52. The van der Waals surface area contributed by atoms with Crippen LogP contribution in [0, 0.1) is 11.8 Å². The van der Waals surface area contributed by atoms with Crippen LogP contribution in [0.15, 0.2) is 30.3 Å². The van der Waals surface area contributed by atoms with Gasteiger partial charge in [-0.2, -0.15) is 0 Å². The molecule has 2 bridgehead atoms. The van der Waals surface area contributed by atoms with Gasteiger partial charge in [-0.1, -0.05) is 43.2 Å². The maximum absolute atomic E-state index is 2.32. The number of hydrogen-bond donors (Lipinski definition) is 0. The van der Waals surface area contributed by atoms with E-state index in [0.29, 0.717) is 0 Å². The molecule has 0 saturated heterocycles. The van der Waals surface area contributed by atoms with Crippen LogP contribution in [0.25, 0.3) is 0 Å². The molecule has 0 amide bonds. The van der Waals surface area contributed by atoms with Crippen molar-refractivity contribution in [3.05, 3.63) is 35.9 Å². The fourth-order valence-electron chi connectivity index (χ4n) is 3.49. The van der Waals surface area contributed by atoms with Crippen molar-refractivity contribution >= 4 is 0 Å². The van der Waals surface area contributed by atoms with Gasteiger partial charge in [0.1, 0.15) is 0 Å².